The minimum atomic E-state index is -0.0888. The minimum absolute atomic E-state index is 0.0235. The van der Waals surface area contributed by atoms with E-state index < -0.39 is 0 Å². The molecule has 0 spiro atoms. The summed E-state index contributed by atoms with van der Waals surface area (Å²) in [7, 11) is 7.21. The molecular formula is C63H60BN3. The van der Waals surface area contributed by atoms with E-state index >= 15 is 0 Å². The predicted molar refractivity (Wildman–Crippen MR) is 287 cm³/mol. The maximum atomic E-state index is 7.21. The number of allylic oxidation sites excluding steroid dienone is 3. The Balaban J connectivity index is 1.24. The second-order valence-electron chi connectivity index (χ2n) is 21.1. The molecule has 0 aliphatic heterocycles. The third kappa shape index (κ3) is 6.94. The van der Waals surface area contributed by atoms with Crippen LogP contribution in [0, 0.1) is 6.92 Å². The maximum absolute atomic E-state index is 7.21. The topological polar surface area (TPSA) is 22.3 Å². The van der Waals surface area contributed by atoms with Crippen molar-refractivity contribution >= 4 is 58.8 Å². The number of rotatable bonds is 9. The molecule has 1 heterocycles. The molecule has 0 saturated carbocycles. The second-order valence-corrected chi connectivity index (χ2v) is 21.1. The highest BCUT2D eigenvalue weighted by Crippen LogP contribution is 2.52. The van der Waals surface area contributed by atoms with Gasteiger partial charge >= 0.3 is 0 Å². The number of para-hydroxylation sites is 3. The van der Waals surface area contributed by atoms with Gasteiger partial charge in [-0.15, -0.1) is 0 Å². The van der Waals surface area contributed by atoms with E-state index in [9.17, 15) is 0 Å². The zero-order chi connectivity index (χ0) is 46.4. The van der Waals surface area contributed by atoms with Gasteiger partial charge in [0, 0.05) is 56.7 Å². The molecular weight excluding hydrogens is 810 g/mol. The summed E-state index contributed by atoms with van der Waals surface area (Å²) >= 11 is 0. The van der Waals surface area contributed by atoms with Crippen LogP contribution in [0.1, 0.15) is 106 Å². The molecule has 0 fully saturated rings. The third-order valence-corrected chi connectivity index (χ3v) is 15.9. The van der Waals surface area contributed by atoms with Gasteiger partial charge in [-0.1, -0.05) is 168 Å². The van der Waals surface area contributed by atoms with Gasteiger partial charge in [-0.05, 0) is 137 Å². The van der Waals surface area contributed by atoms with Crippen LogP contribution in [-0.2, 0) is 22.7 Å². The van der Waals surface area contributed by atoms with E-state index in [1.54, 1.807) is 0 Å². The van der Waals surface area contributed by atoms with Crippen molar-refractivity contribution in [2.24, 2.45) is 0 Å². The molecule has 1 N–H and O–H groups in total. The van der Waals surface area contributed by atoms with E-state index in [4.69, 9.17) is 7.85 Å². The first-order valence-electron chi connectivity index (χ1n) is 24.2. The molecule has 67 heavy (non-hydrogen) atoms. The summed E-state index contributed by atoms with van der Waals surface area (Å²) in [6, 6.07) is 56.0. The number of aromatic nitrogens is 1. The van der Waals surface area contributed by atoms with Crippen LogP contribution >= 0.6 is 0 Å². The van der Waals surface area contributed by atoms with Crippen molar-refractivity contribution in [1.82, 2.24) is 4.98 Å². The quantitative estimate of drug-likeness (QED) is 0.146. The summed E-state index contributed by atoms with van der Waals surface area (Å²) in [5, 5.41) is 1.27. The van der Waals surface area contributed by atoms with E-state index in [1.165, 1.54) is 66.7 Å². The molecule has 2 radical (unpaired) electrons. The fraction of sp³-hybridized carbons (Fsp3) is 0.238. The van der Waals surface area contributed by atoms with Gasteiger partial charge in [0.15, 0.2) is 0 Å². The van der Waals surface area contributed by atoms with E-state index in [-0.39, 0.29) is 16.2 Å². The standard InChI is InChI=1S/C63H60BN3/c1-40-34-55-56(62(5,6)33-32-61(55,3)4)38-57(40)66(39-64)58-37-45(67(43-21-11-9-12-22-43)44-23-13-10-14-24-44)36-52(49(58)31-30-46-41(2)63(7,8)54-29-18-17-26-48(46)54)50-27-19-28-51-53-35-42-20-15-16-25-47(42)59(53)65-60(50)51/h9-31,34,36-38,65H,32-33,35,39H2,1-8H3/b31-30-. The molecule has 330 valence electrons. The number of aryl methyl sites for hydroxylation is 1. The van der Waals surface area contributed by atoms with Gasteiger partial charge in [-0.3, -0.25) is 0 Å². The lowest BCUT2D eigenvalue weighted by Crippen LogP contribution is -2.34. The van der Waals surface area contributed by atoms with Gasteiger partial charge in [0.05, 0.1) is 24.7 Å². The Morgan fingerprint density at radius 1 is 0.567 bits per heavy atom. The predicted octanol–water partition coefficient (Wildman–Crippen LogP) is 16.6. The second kappa shape index (κ2) is 15.9. The number of fused-ring (bicyclic) bond motifs is 7. The average molecular weight is 870 g/mol. The number of anilines is 5. The molecule has 0 saturated heterocycles. The molecule has 1 aromatic heterocycles. The van der Waals surface area contributed by atoms with Crippen LogP contribution in [-0.4, -0.2) is 19.3 Å². The van der Waals surface area contributed by atoms with Gasteiger partial charge in [-0.2, -0.15) is 0 Å². The zero-order valence-electron chi connectivity index (χ0n) is 40.4. The monoisotopic (exact) mass is 869 g/mol. The molecule has 0 bridgehead atoms. The largest absolute Gasteiger partial charge is 0.354 e. The fourth-order valence-corrected chi connectivity index (χ4v) is 11.7. The summed E-state index contributed by atoms with van der Waals surface area (Å²) in [6.07, 6.45) is 8.29. The van der Waals surface area contributed by atoms with Crippen LogP contribution in [0.3, 0.4) is 0 Å². The van der Waals surface area contributed by atoms with Crippen molar-refractivity contribution in [3.8, 4) is 22.4 Å². The van der Waals surface area contributed by atoms with Gasteiger partial charge in [0.25, 0.3) is 0 Å². The van der Waals surface area contributed by atoms with Crippen molar-refractivity contribution < 1.29 is 0 Å². The highest BCUT2D eigenvalue weighted by molar-refractivity contribution is 6.12. The Bertz CT molecular complexity index is 3270. The summed E-state index contributed by atoms with van der Waals surface area (Å²) in [5.74, 6) is 0. The molecule has 7 aromatic carbocycles. The van der Waals surface area contributed by atoms with E-state index in [2.05, 4.69) is 234 Å². The van der Waals surface area contributed by atoms with E-state index in [0.29, 0.717) is 6.44 Å². The number of hydrogen-bond acceptors (Lipinski definition) is 2. The smallest absolute Gasteiger partial charge is 0.0948 e. The molecule has 0 unspecified atom stereocenters. The van der Waals surface area contributed by atoms with Crippen LogP contribution in [0.5, 0.6) is 0 Å². The van der Waals surface area contributed by atoms with Crippen LogP contribution < -0.4 is 9.80 Å². The lowest BCUT2D eigenvalue weighted by molar-refractivity contribution is 0.332. The highest BCUT2D eigenvalue weighted by atomic mass is 15.2. The van der Waals surface area contributed by atoms with Crippen molar-refractivity contribution in [1.29, 1.82) is 0 Å². The molecule has 3 aliphatic rings. The molecule has 8 aromatic rings. The number of nitrogens with zero attached hydrogens (tertiary/aromatic N) is 2. The fourth-order valence-electron chi connectivity index (χ4n) is 11.7. The summed E-state index contributed by atoms with van der Waals surface area (Å²) in [4.78, 5) is 8.83. The molecule has 4 heteroatoms. The first-order chi connectivity index (χ1) is 32.3. The van der Waals surface area contributed by atoms with Crippen molar-refractivity contribution in [3.05, 3.63) is 208 Å². The average Bonchev–Trinajstić information content (AvgIpc) is 3.94. The highest BCUT2D eigenvalue weighted by Gasteiger charge is 2.39. The molecule has 0 atom stereocenters. The van der Waals surface area contributed by atoms with Crippen LogP contribution in [0.25, 0.3) is 44.9 Å². The van der Waals surface area contributed by atoms with Crippen LogP contribution in [0.4, 0.5) is 28.4 Å². The number of benzene rings is 7. The summed E-state index contributed by atoms with van der Waals surface area (Å²) < 4.78 is 0. The molecule has 11 rings (SSSR count). The Morgan fingerprint density at radius 3 is 1.87 bits per heavy atom. The van der Waals surface area contributed by atoms with E-state index in [1.807, 2.05) is 0 Å². The number of aromatic amines is 1. The van der Waals surface area contributed by atoms with Crippen LogP contribution in [0.2, 0.25) is 0 Å². The van der Waals surface area contributed by atoms with Crippen molar-refractivity contribution in [2.75, 3.05) is 16.2 Å². The lowest BCUT2D eigenvalue weighted by Gasteiger charge is -2.43. The molecule has 0 amide bonds. The normalized spacial score (nSPS) is 16.2. The van der Waals surface area contributed by atoms with Crippen molar-refractivity contribution in [3.63, 3.8) is 0 Å². The lowest BCUT2D eigenvalue weighted by atomic mass is 9.63. The Hall–Kier alpha value is -6.78. The van der Waals surface area contributed by atoms with Gasteiger partial charge in [0.2, 0.25) is 0 Å². The number of nitrogens with one attached hydrogen (secondary N) is 1. The van der Waals surface area contributed by atoms with E-state index in [0.717, 1.165) is 69.9 Å². The Labute approximate surface area is 399 Å². The van der Waals surface area contributed by atoms with Gasteiger partial charge in [-0.25, -0.2) is 0 Å². The van der Waals surface area contributed by atoms with Crippen molar-refractivity contribution in [2.45, 2.75) is 90.9 Å². The third-order valence-electron chi connectivity index (χ3n) is 15.9. The Kier molecular flexibility index (Phi) is 10.2. The SMILES string of the molecule is [B]CN(c1cc2c(cc1C)C(C)(C)CCC2(C)C)c1cc(N(c2ccccc2)c2ccccc2)cc(-c2cccc3c4c([nH]c23)-c2ccccc2C4)c1/C=C\C1=C(C)C(C)(C)c2ccccc21. The minimum Gasteiger partial charge on any atom is -0.354 e. The maximum Gasteiger partial charge on any atom is 0.0948 e. The first kappa shape index (κ1) is 42.8. The number of hydrogen-bond donors (Lipinski definition) is 1. The Morgan fingerprint density at radius 2 is 1.18 bits per heavy atom. The van der Waals surface area contributed by atoms with Gasteiger partial charge < -0.3 is 14.8 Å². The molecule has 3 aliphatic carbocycles. The number of H-pyrrole nitrogens is 1. The molecule has 3 nitrogen and oxygen atoms in total. The van der Waals surface area contributed by atoms with Crippen LogP contribution in [0.15, 0.2) is 163 Å². The van der Waals surface area contributed by atoms with Gasteiger partial charge in [0.1, 0.15) is 0 Å². The summed E-state index contributed by atoms with van der Waals surface area (Å²) in [6.45, 7) is 19.0. The first-order valence-corrected chi connectivity index (χ1v) is 24.2. The summed E-state index contributed by atoms with van der Waals surface area (Å²) in [5.41, 5.74) is 24.7. The zero-order valence-corrected chi connectivity index (χ0v) is 40.4.